The van der Waals surface area contributed by atoms with Gasteiger partial charge < -0.3 is 10.1 Å². The Labute approximate surface area is 136 Å². The average Bonchev–Trinajstić information content (AvgIpc) is 2.58. The van der Waals surface area contributed by atoms with Crippen molar-refractivity contribution in [2.45, 2.75) is 0 Å². The minimum atomic E-state index is -0.536. The van der Waals surface area contributed by atoms with Gasteiger partial charge in [0.05, 0.1) is 11.5 Å². The molecule has 1 N–H and O–H groups in total. The maximum atomic E-state index is 12.7. The first-order chi connectivity index (χ1) is 11.5. The van der Waals surface area contributed by atoms with Gasteiger partial charge >= 0.3 is 5.97 Å². The molecule has 2 aromatic rings. The van der Waals surface area contributed by atoms with Crippen LogP contribution in [0.1, 0.15) is 5.56 Å². The van der Waals surface area contributed by atoms with Gasteiger partial charge in [-0.15, -0.1) is 0 Å². The highest BCUT2D eigenvalue weighted by Gasteiger charge is 2.04. The van der Waals surface area contributed by atoms with Crippen LogP contribution < -0.4 is 5.32 Å². The van der Waals surface area contributed by atoms with E-state index in [1.807, 2.05) is 0 Å². The van der Waals surface area contributed by atoms with E-state index in [9.17, 15) is 19.3 Å². The SMILES string of the molecule is O=C(/C=C/c1ccc(F)cc1)OCCNc1ccc([N+](=O)[O-])cn1. The Morgan fingerprint density at radius 2 is 2.04 bits per heavy atom. The largest absolute Gasteiger partial charge is 0.461 e. The number of benzene rings is 1. The molecule has 0 unspecified atom stereocenters. The first kappa shape index (κ1) is 17.1. The molecule has 0 spiro atoms. The topological polar surface area (TPSA) is 94.4 Å². The van der Waals surface area contributed by atoms with Gasteiger partial charge in [-0.2, -0.15) is 0 Å². The molecule has 8 heteroatoms. The summed E-state index contributed by atoms with van der Waals surface area (Å²) in [5.74, 6) is -0.433. The number of ether oxygens (including phenoxy) is 1. The standard InChI is InChI=1S/C16H14FN3O4/c17-13-4-1-12(2-5-13)3-8-16(21)24-10-9-18-15-7-6-14(11-19-15)20(22)23/h1-8,11H,9-10H2,(H,18,19)/b8-3+. The normalized spacial score (nSPS) is 10.5. The van der Waals surface area contributed by atoms with Crippen molar-refractivity contribution in [3.8, 4) is 0 Å². The molecule has 0 amide bonds. The van der Waals surface area contributed by atoms with E-state index in [1.165, 1.54) is 36.4 Å². The number of carbonyl (C=O) groups is 1. The number of esters is 1. The first-order valence-corrected chi connectivity index (χ1v) is 6.99. The number of halogens is 1. The Kier molecular flexibility index (Phi) is 5.95. The molecular formula is C16H14FN3O4. The lowest BCUT2D eigenvalue weighted by molar-refractivity contribution is -0.385. The lowest BCUT2D eigenvalue weighted by Crippen LogP contribution is -2.13. The van der Waals surface area contributed by atoms with Gasteiger partial charge in [0.2, 0.25) is 0 Å². The molecular weight excluding hydrogens is 317 g/mol. The fourth-order valence-electron chi connectivity index (χ4n) is 1.72. The number of anilines is 1. The lowest BCUT2D eigenvalue weighted by atomic mass is 10.2. The number of hydrogen-bond acceptors (Lipinski definition) is 6. The van der Waals surface area contributed by atoms with Crippen LogP contribution in [0.15, 0.2) is 48.7 Å². The zero-order valence-electron chi connectivity index (χ0n) is 12.5. The molecule has 0 radical (unpaired) electrons. The molecule has 0 saturated carbocycles. The van der Waals surface area contributed by atoms with Crippen molar-refractivity contribution in [1.82, 2.24) is 4.98 Å². The third-order valence-corrected chi connectivity index (χ3v) is 2.89. The fourth-order valence-corrected chi connectivity index (χ4v) is 1.72. The second-order valence-electron chi connectivity index (χ2n) is 4.64. The zero-order chi connectivity index (χ0) is 17.4. The van der Waals surface area contributed by atoms with Crippen molar-refractivity contribution >= 4 is 23.6 Å². The molecule has 0 aliphatic rings. The number of hydrogen-bond donors (Lipinski definition) is 1. The molecule has 1 aromatic heterocycles. The molecule has 124 valence electrons. The lowest BCUT2D eigenvalue weighted by Gasteiger charge is -2.05. The summed E-state index contributed by atoms with van der Waals surface area (Å²) in [6.45, 7) is 0.409. The maximum Gasteiger partial charge on any atom is 0.330 e. The quantitative estimate of drug-likeness (QED) is 0.276. The first-order valence-electron chi connectivity index (χ1n) is 6.99. The van der Waals surface area contributed by atoms with E-state index in [2.05, 4.69) is 10.3 Å². The minimum Gasteiger partial charge on any atom is -0.461 e. The van der Waals surface area contributed by atoms with Crippen LogP contribution in [0.5, 0.6) is 0 Å². The summed E-state index contributed by atoms with van der Waals surface area (Å²) in [7, 11) is 0. The highest BCUT2D eigenvalue weighted by molar-refractivity contribution is 5.87. The van der Waals surface area contributed by atoms with Crippen LogP contribution in [0.4, 0.5) is 15.9 Å². The predicted molar refractivity (Wildman–Crippen MR) is 85.8 cm³/mol. The zero-order valence-corrected chi connectivity index (χ0v) is 12.5. The predicted octanol–water partition coefficient (Wildman–Crippen LogP) is 2.80. The van der Waals surface area contributed by atoms with Crippen LogP contribution in [-0.2, 0) is 9.53 Å². The van der Waals surface area contributed by atoms with E-state index in [0.29, 0.717) is 17.9 Å². The number of nitrogens with zero attached hydrogens (tertiary/aromatic N) is 2. The van der Waals surface area contributed by atoms with Gasteiger partial charge in [0, 0.05) is 12.1 Å². The van der Waals surface area contributed by atoms with Crippen LogP contribution in [-0.4, -0.2) is 29.0 Å². The van der Waals surface area contributed by atoms with Gasteiger partial charge in [0.1, 0.15) is 24.4 Å². The van der Waals surface area contributed by atoms with Crippen molar-refractivity contribution in [3.05, 3.63) is 70.2 Å². The van der Waals surface area contributed by atoms with Crippen LogP contribution in [0.2, 0.25) is 0 Å². The van der Waals surface area contributed by atoms with Gasteiger partial charge in [0.25, 0.3) is 5.69 Å². The summed E-state index contributed by atoms with van der Waals surface area (Å²) >= 11 is 0. The number of rotatable bonds is 7. The molecule has 2 rings (SSSR count). The Bertz CT molecular complexity index is 730. The Hall–Kier alpha value is -3.29. The number of carbonyl (C=O) groups excluding carboxylic acids is 1. The van der Waals surface area contributed by atoms with E-state index < -0.39 is 10.9 Å². The van der Waals surface area contributed by atoms with Crippen LogP contribution in [0.3, 0.4) is 0 Å². The smallest absolute Gasteiger partial charge is 0.330 e. The number of pyridine rings is 1. The molecule has 1 heterocycles. The van der Waals surface area contributed by atoms with E-state index >= 15 is 0 Å². The number of nitrogens with one attached hydrogen (secondary N) is 1. The highest BCUT2D eigenvalue weighted by Crippen LogP contribution is 2.11. The Morgan fingerprint density at radius 1 is 1.29 bits per heavy atom. The molecule has 0 bridgehead atoms. The summed E-state index contributed by atoms with van der Waals surface area (Å²) in [4.78, 5) is 25.3. The molecule has 0 saturated heterocycles. The molecule has 0 aliphatic heterocycles. The van der Waals surface area contributed by atoms with Gasteiger partial charge in [0.15, 0.2) is 0 Å². The van der Waals surface area contributed by atoms with Crippen molar-refractivity contribution < 1.29 is 18.8 Å². The Morgan fingerprint density at radius 3 is 2.67 bits per heavy atom. The molecule has 7 nitrogen and oxygen atoms in total. The van der Waals surface area contributed by atoms with Crippen molar-refractivity contribution in [2.75, 3.05) is 18.5 Å². The summed E-state index contributed by atoms with van der Waals surface area (Å²) in [6, 6.07) is 8.47. The number of nitro groups is 1. The average molecular weight is 331 g/mol. The molecule has 24 heavy (non-hydrogen) atoms. The maximum absolute atomic E-state index is 12.7. The molecule has 1 aromatic carbocycles. The third kappa shape index (κ3) is 5.48. The fraction of sp³-hybridized carbons (Fsp3) is 0.125. The van der Waals surface area contributed by atoms with E-state index in [4.69, 9.17) is 4.74 Å². The van der Waals surface area contributed by atoms with E-state index in [1.54, 1.807) is 12.1 Å². The van der Waals surface area contributed by atoms with E-state index in [0.717, 1.165) is 6.20 Å². The van der Waals surface area contributed by atoms with Crippen molar-refractivity contribution in [2.24, 2.45) is 0 Å². The summed E-state index contributed by atoms with van der Waals surface area (Å²) < 4.78 is 17.7. The minimum absolute atomic E-state index is 0.0992. The van der Waals surface area contributed by atoms with Crippen molar-refractivity contribution in [1.29, 1.82) is 0 Å². The number of aromatic nitrogens is 1. The summed E-state index contributed by atoms with van der Waals surface area (Å²) in [6.07, 6.45) is 3.91. The van der Waals surface area contributed by atoms with Gasteiger partial charge in [-0.25, -0.2) is 14.2 Å². The van der Waals surface area contributed by atoms with Crippen molar-refractivity contribution in [3.63, 3.8) is 0 Å². The monoisotopic (exact) mass is 331 g/mol. The molecule has 0 fully saturated rings. The van der Waals surface area contributed by atoms with Gasteiger partial charge in [-0.1, -0.05) is 12.1 Å². The second kappa shape index (κ2) is 8.37. The van der Waals surface area contributed by atoms with Crippen LogP contribution >= 0.6 is 0 Å². The van der Waals surface area contributed by atoms with Crippen LogP contribution in [0.25, 0.3) is 6.08 Å². The highest BCUT2D eigenvalue weighted by atomic mass is 19.1. The van der Waals surface area contributed by atoms with Crippen LogP contribution in [0, 0.1) is 15.9 Å². The Balaban J connectivity index is 1.70. The summed E-state index contributed by atoms with van der Waals surface area (Å²) in [5.41, 5.74) is 0.583. The second-order valence-corrected chi connectivity index (χ2v) is 4.64. The molecule has 0 atom stereocenters. The molecule has 0 aliphatic carbocycles. The third-order valence-electron chi connectivity index (χ3n) is 2.89. The van der Waals surface area contributed by atoms with Gasteiger partial charge in [-0.05, 0) is 29.8 Å². The van der Waals surface area contributed by atoms with E-state index in [-0.39, 0.29) is 18.1 Å². The van der Waals surface area contributed by atoms with Gasteiger partial charge in [-0.3, -0.25) is 10.1 Å². The summed E-state index contributed by atoms with van der Waals surface area (Å²) in [5, 5.41) is 13.4.